The molecular weight excluding hydrogens is 384 g/mol. The SMILES string of the molecule is COc1ccc(-c2c(NS(=O)(=O)c3ccccc3)nc3ccccc3c2C)cc1. The Morgan fingerprint density at radius 1 is 0.862 bits per heavy atom. The number of anilines is 1. The molecule has 0 bridgehead atoms. The number of hydrogen-bond acceptors (Lipinski definition) is 4. The van der Waals surface area contributed by atoms with E-state index in [1.54, 1.807) is 37.4 Å². The predicted octanol–water partition coefficient (Wildman–Crippen LogP) is 5.02. The molecule has 0 spiro atoms. The molecule has 0 fully saturated rings. The number of hydrogen-bond donors (Lipinski definition) is 1. The summed E-state index contributed by atoms with van der Waals surface area (Å²) in [6.45, 7) is 1.98. The minimum Gasteiger partial charge on any atom is -0.497 e. The first-order valence-corrected chi connectivity index (χ1v) is 10.6. The third-order valence-corrected chi connectivity index (χ3v) is 6.17. The molecule has 146 valence electrons. The van der Waals surface area contributed by atoms with Gasteiger partial charge >= 0.3 is 0 Å². The molecule has 0 aliphatic carbocycles. The zero-order valence-electron chi connectivity index (χ0n) is 16.1. The molecule has 0 unspecified atom stereocenters. The number of aromatic nitrogens is 1. The van der Waals surface area contributed by atoms with Gasteiger partial charge in [-0.2, -0.15) is 0 Å². The average Bonchev–Trinajstić information content (AvgIpc) is 2.75. The van der Waals surface area contributed by atoms with Crippen molar-refractivity contribution in [3.05, 3.63) is 84.4 Å². The third-order valence-electron chi connectivity index (χ3n) is 4.82. The Hall–Kier alpha value is -3.38. The van der Waals surface area contributed by atoms with Gasteiger partial charge in [-0.1, -0.05) is 48.5 Å². The van der Waals surface area contributed by atoms with Crippen molar-refractivity contribution in [1.29, 1.82) is 0 Å². The molecule has 0 radical (unpaired) electrons. The smallest absolute Gasteiger partial charge is 0.263 e. The monoisotopic (exact) mass is 404 g/mol. The van der Waals surface area contributed by atoms with Crippen molar-refractivity contribution in [1.82, 2.24) is 4.98 Å². The minimum atomic E-state index is -3.78. The number of benzene rings is 3. The summed E-state index contributed by atoms with van der Waals surface area (Å²) in [5.74, 6) is 1.03. The van der Waals surface area contributed by atoms with Crippen LogP contribution in [0.1, 0.15) is 5.56 Å². The van der Waals surface area contributed by atoms with E-state index >= 15 is 0 Å². The van der Waals surface area contributed by atoms with Gasteiger partial charge in [0.15, 0.2) is 0 Å². The molecule has 4 rings (SSSR count). The Morgan fingerprint density at radius 2 is 1.52 bits per heavy atom. The van der Waals surface area contributed by atoms with Gasteiger partial charge in [0.25, 0.3) is 10.0 Å². The summed E-state index contributed by atoms with van der Waals surface area (Å²) < 4.78 is 33.9. The molecule has 1 heterocycles. The summed E-state index contributed by atoms with van der Waals surface area (Å²) in [6, 6.07) is 23.5. The minimum absolute atomic E-state index is 0.188. The van der Waals surface area contributed by atoms with E-state index in [4.69, 9.17) is 4.74 Å². The third kappa shape index (κ3) is 3.67. The van der Waals surface area contributed by atoms with Crippen LogP contribution in [0.25, 0.3) is 22.0 Å². The van der Waals surface area contributed by atoms with E-state index in [1.807, 2.05) is 55.5 Å². The molecule has 4 aromatic rings. The second kappa shape index (κ2) is 7.56. The summed E-state index contributed by atoms with van der Waals surface area (Å²) in [6.07, 6.45) is 0. The van der Waals surface area contributed by atoms with Gasteiger partial charge < -0.3 is 4.74 Å². The molecule has 0 aliphatic rings. The molecule has 0 saturated heterocycles. The molecule has 3 aromatic carbocycles. The lowest BCUT2D eigenvalue weighted by atomic mass is 9.98. The van der Waals surface area contributed by atoms with E-state index in [2.05, 4.69) is 9.71 Å². The number of nitrogens with zero attached hydrogens (tertiary/aromatic N) is 1. The number of rotatable bonds is 5. The van der Waals surface area contributed by atoms with Gasteiger partial charge in [0.2, 0.25) is 0 Å². The van der Waals surface area contributed by atoms with Crippen LogP contribution in [0.15, 0.2) is 83.8 Å². The maximum absolute atomic E-state index is 13.0. The van der Waals surface area contributed by atoms with Crippen LogP contribution in [0, 0.1) is 6.92 Å². The maximum atomic E-state index is 13.0. The van der Waals surface area contributed by atoms with Crippen molar-refractivity contribution in [3.8, 4) is 16.9 Å². The van der Waals surface area contributed by atoms with Crippen molar-refractivity contribution in [3.63, 3.8) is 0 Å². The van der Waals surface area contributed by atoms with Gasteiger partial charge in [0.05, 0.1) is 17.5 Å². The number of aryl methyl sites for hydroxylation is 1. The fourth-order valence-corrected chi connectivity index (χ4v) is 4.38. The zero-order chi connectivity index (χ0) is 20.4. The van der Waals surface area contributed by atoms with Crippen molar-refractivity contribution >= 4 is 26.7 Å². The van der Waals surface area contributed by atoms with Crippen LogP contribution in [0.4, 0.5) is 5.82 Å². The van der Waals surface area contributed by atoms with Crippen LogP contribution in [-0.4, -0.2) is 20.5 Å². The lowest BCUT2D eigenvalue weighted by Crippen LogP contribution is -2.15. The van der Waals surface area contributed by atoms with Gasteiger partial charge in [-0.3, -0.25) is 4.72 Å². The molecule has 6 heteroatoms. The van der Waals surface area contributed by atoms with Crippen LogP contribution in [0.5, 0.6) is 5.75 Å². The first-order chi connectivity index (χ1) is 14.0. The lowest BCUT2D eigenvalue weighted by Gasteiger charge is -2.17. The molecule has 1 aromatic heterocycles. The largest absolute Gasteiger partial charge is 0.497 e. The van der Waals surface area contributed by atoms with E-state index in [0.29, 0.717) is 5.82 Å². The highest BCUT2D eigenvalue weighted by Crippen LogP contribution is 2.36. The van der Waals surface area contributed by atoms with E-state index < -0.39 is 10.0 Å². The Labute approximate surface area is 170 Å². The van der Waals surface area contributed by atoms with Crippen LogP contribution in [0.2, 0.25) is 0 Å². The van der Waals surface area contributed by atoms with Crippen molar-refractivity contribution in [2.45, 2.75) is 11.8 Å². The number of nitrogens with one attached hydrogen (secondary N) is 1. The normalized spacial score (nSPS) is 11.4. The summed E-state index contributed by atoms with van der Waals surface area (Å²) in [5.41, 5.74) is 3.28. The summed E-state index contributed by atoms with van der Waals surface area (Å²) in [5, 5.41) is 0.973. The summed E-state index contributed by atoms with van der Waals surface area (Å²) in [7, 11) is -2.17. The summed E-state index contributed by atoms with van der Waals surface area (Å²) in [4.78, 5) is 4.83. The van der Waals surface area contributed by atoms with E-state index in [-0.39, 0.29) is 4.90 Å². The van der Waals surface area contributed by atoms with Crippen LogP contribution < -0.4 is 9.46 Å². The van der Waals surface area contributed by atoms with Crippen molar-refractivity contribution < 1.29 is 13.2 Å². The Bertz CT molecular complexity index is 1270. The molecule has 5 nitrogen and oxygen atoms in total. The molecule has 0 aliphatic heterocycles. The van der Waals surface area contributed by atoms with Gasteiger partial charge in [-0.15, -0.1) is 0 Å². The highest BCUT2D eigenvalue weighted by Gasteiger charge is 2.20. The molecule has 0 amide bonds. The van der Waals surface area contributed by atoms with Gasteiger partial charge in [-0.25, -0.2) is 13.4 Å². The van der Waals surface area contributed by atoms with Gasteiger partial charge in [0.1, 0.15) is 11.6 Å². The number of sulfonamides is 1. The maximum Gasteiger partial charge on any atom is 0.263 e. The van der Waals surface area contributed by atoms with E-state index in [1.165, 1.54) is 0 Å². The Kier molecular flexibility index (Phi) is 4.94. The number of pyridine rings is 1. The van der Waals surface area contributed by atoms with Crippen LogP contribution in [-0.2, 0) is 10.0 Å². The number of para-hydroxylation sites is 1. The topological polar surface area (TPSA) is 68.3 Å². The molecular formula is C23H20N2O3S. The Morgan fingerprint density at radius 3 is 2.21 bits per heavy atom. The first kappa shape index (κ1) is 19.0. The van der Waals surface area contributed by atoms with Crippen LogP contribution in [0.3, 0.4) is 0 Å². The van der Waals surface area contributed by atoms with Crippen molar-refractivity contribution in [2.75, 3.05) is 11.8 Å². The lowest BCUT2D eigenvalue weighted by molar-refractivity contribution is 0.415. The van der Waals surface area contributed by atoms with Crippen molar-refractivity contribution in [2.24, 2.45) is 0 Å². The molecule has 29 heavy (non-hydrogen) atoms. The van der Waals surface area contributed by atoms with Gasteiger partial charge in [0, 0.05) is 10.9 Å². The highest BCUT2D eigenvalue weighted by atomic mass is 32.2. The second-order valence-corrected chi connectivity index (χ2v) is 8.31. The highest BCUT2D eigenvalue weighted by molar-refractivity contribution is 7.92. The standard InChI is InChI=1S/C23H20N2O3S/c1-16-20-10-6-7-11-21(20)24-23(22(16)17-12-14-18(28-2)15-13-17)25-29(26,27)19-8-4-3-5-9-19/h3-15H,1-2H3,(H,24,25). The quantitative estimate of drug-likeness (QED) is 0.507. The number of ether oxygens (including phenoxy) is 1. The van der Waals surface area contributed by atoms with E-state index in [9.17, 15) is 8.42 Å². The summed E-state index contributed by atoms with van der Waals surface area (Å²) >= 11 is 0. The molecule has 0 atom stereocenters. The fourth-order valence-electron chi connectivity index (χ4n) is 3.35. The Balaban J connectivity index is 1.92. The molecule has 0 saturated carbocycles. The zero-order valence-corrected chi connectivity index (χ0v) is 16.9. The van der Waals surface area contributed by atoms with E-state index in [0.717, 1.165) is 33.3 Å². The predicted molar refractivity (Wildman–Crippen MR) is 116 cm³/mol. The van der Waals surface area contributed by atoms with Gasteiger partial charge in [-0.05, 0) is 48.4 Å². The number of methoxy groups -OCH3 is 1. The molecule has 1 N–H and O–H groups in total. The second-order valence-electron chi connectivity index (χ2n) is 6.62. The first-order valence-electron chi connectivity index (χ1n) is 9.11. The number of fused-ring (bicyclic) bond motifs is 1. The average molecular weight is 404 g/mol. The van der Waals surface area contributed by atoms with Crippen LogP contribution >= 0.6 is 0 Å². The fraction of sp³-hybridized carbons (Fsp3) is 0.0870.